The number of hydrogen-bond acceptors (Lipinski definition) is 4. The SMILES string of the molecule is Cc1ccnc(CC(C)N(C)CC2CNNC2c2ccc(F)cc2)c1. The number of pyridine rings is 1. The number of benzene rings is 1. The van der Waals surface area contributed by atoms with E-state index in [2.05, 4.69) is 47.7 Å². The van der Waals surface area contributed by atoms with E-state index in [0.717, 1.165) is 30.8 Å². The third kappa shape index (κ3) is 4.63. The second-order valence-electron chi connectivity index (χ2n) is 7.13. The lowest BCUT2D eigenvalue weighted by Crippen LogP contribution is -2.37. The maximum Gasteiger partial charge on any atom is 0.123 e. The van der Waals surface area contributed by atoms with Crippen molar-refractivity contribution < 1.29 is 4.39 Å². The van der Waals surface area contributed by atoms with Crippen molar-refractivity contribution in [3.63, 3.8) is 0 Å². The molecule has 25 heavy (non-hydrogen) atoms. The first-order valence-corrected chi connectivity index (χ1v) is 8.88. The summed E-state index contributed by atoms with van der Waals surface area (Å²) in [6.45, 7) is 6.21. The average Bonchev–Trinajstić information content (AvgIpc) is 3.03. The lowest BCUT2D eigenvalue weighted by molar-refractivity contribution is 0.211. The van der Waals surface area contributed by atoms with E-state index in [4.69, 9.17) is 0 Å². The Morgan fingerprint density at radius 1 is 1.28 bits per heavy atom. The van der Waals surface area contributed by atoms with Crippen LogP contribution in [0.3, 0.4) is 0 Å². The first-order valence-electron chi connectivity index (χ1n) is 8.88. The molecule has 3 rings (SSSR count). The molecule has 5 heteroatoms. The van der Waals surface area contributed by atoms with Crippen LogP contribution in [0.2, 0.25) is 0 Å². The zero-order valence-corrected chi connectivity index (χ0v) is 15.2. The van der Waals surface area contributed by atoms with Crippen LogP contribution in [0.5, 0.6) is 0 Å². The predicted molar refractivity (Wildman–Crippen MR) is 98.5 cm³/mol. The summed E-state index contributed by atoms with van der Waals surface area (Å²) in [6.07, 6.45) is 2.82. The van der Waals surface area contributed by atoms with Gasteiger partial charge in [0.25, 0.3) is 0 Å². The van der Waals surface area contributed by atoms with Gasteiger partial charge in [0.05, 0.1) is 6.04 Å². The number of hydrazine groups is 1. The Balaban J connectivity index is 1.61. The van der Waals surface area contributed by atoms with Gasteiger partial charge >= 0.3 is 0 Å². The molecule has 3 atom stereocenters. The number of nitrogens with zero attached hydrogens (tertiary/aromatic N) is 2. The van der Waals surface area contributed by atoms with Crippen LogP contribution >= 0.6 is 0 Å². The summed E-state index contributed by atoms with van der Waals surface area (Å²) in [5, 5.41) is 0. The van der Waals surface area contributed by atoms with Gasteiger partial charge in [-0.2, -0.15) is 0 Å². The van der Waals surface area contributed by atoms with Crippen LogP contribution < -0.4 is 10.9 Å². The molecule has 1 fully saturated rings. The van der Waals surface area contributed by atoms with Gasteiger partial charge in [0.15, 0.2) is 0 Å². The minimum Gasteiger partial charge on any atom is -0.303 e. The van der Waals surface area contributed by atoms with Gasteiger partial charge in [-0.3, -0.25) is 10.4 Å². The van der Waals surface area contributed by atoms with Gasteiger partial charge < -0.3 is 4.90 Å². The maximum atomic E-state index is 13.2. The highest BCUT2D eigenvalue weighted by molar-refractivity contribution is 5.22. The van der Waals surface area contributed by atoms with Crippen molar-refractivity contribution in [3.8, 4) is 0 Å². The Morgan fingerprint density at radius 2 is 2.04 bits per heavy atom. The van der Waals surface area contributed by atoms with Crippen molar-refractivity contribution in [1.29, 1.82) is 0 Å². The van der Waals surface area contributed by atoms with E-state index >= 15 is 0 Å². The molecular weight excluding hydrogens is 315 g/mol. The number of rotatable bonds is 6. The summed E-state index contributed by atoms with van der Waals surface area (Å²) in [6, 6.07) is 11.6. The van der Waals surface area contributed by atoms with E-state index in [0.29, 0.717) is 12.0 Å². The van der Waals surface area contributed by atoms with Gasteiger partial charge in [-0.1, -0.05) is 12.1 Å². The van der Waals surface area contributed by atoms with Crippen LogP contribution in [0.1, 0.15) is 29.8 Å². The molecule has 1 aromatic carbocycles. The van der Waals surface area contributed by atoms with Gasteiger partial charge in [0.2, 0.25) is 0 Å². The van der Waals surface area contributed by atoms with E-state index in [1.807, 2.05) is 24.4 Å². The van der Waals surface area contributed by atoms with Crippen molar-refractivity contribution in [2.24, 2.45) is 5.92 Å². The molecule has 2 N–H and O–H groups in total. The number of halogens is 1. The number of aromatic nitrogens is 1. The second-order valence-corrected chi connectivity index (χ2v) is 7.13. The topological polar surface area (TPSA) is 40.2 Å². The molecule has 2 aromatic rings. The average molecular weight is 342 g/mol. The molecule has 1 saturated heterocycles. The van der Waals surface area contributed by atoms with Crippen LogP contribution in [0.15, 0.2) is 42.6 Å². The molecule has 0 radical (unpaired) electrons. The smallest absolute Gasteiger partial charge is 0.123 e. The van der Waals surface area contributed by atoms with Crippen LogP contribution in [0.4, 0.5) is 4.39 Å². The summed E-state index contributed by atoms with van der Waals surface area (Å²) in [7, 11) is 2.17. The van der Waals surface area contributed by atoms with Crippen molar-refractivity contribution in [3.05, 3.63) is 65.2 Å². The molecule has 0 bridgehead atoms. The molecule has 0 spiro atoms. The number of aryl methyl sites for hydroxylation is 1. The molecule has 134 valence electrons. The van der Waals surface area contributed by atoms with Crippen molar-refractivity contribution in [2.75, 3.05) is 20.1 Å². The number of hydrogen-bond donors (Lipinski definition) is 2. The van der Waals surface area contributed by atoms with Crippen LogP contribution in [-0.4, -0.2) is 36.1 Å². The van der Waals surface area contributed by atoms with Gasteiger partial charge in [0.1, 0.15) is 5.82 Å². The van der Waals surface area contributed by atoms with E-state index in [1.165, 1.54) is 17.7 Å². The number of nitrogens with one attached hydrogen (secondary N) is 2. The molecule has 1 aliphatic heterocycles. The highest BCUT2D eigenvalue weighted by Crippen LogP contribution is 2.26. The summed E-state index contributed by atoms with van der Waals surface area (Å²) in [5.41, 5.74) is 10.1. The molecular formula is C20H27FN4. The second kappa shape index (κ2) is 8.04. The standard InChI is InChI=1S/C20H27FN4/c1-14-8-9-22-19(10-14)11-15(2)25(3)13-17-12-23-24-20(17)16-4-6-18(21)7-5-16/h4-10,15,17,20,23-24H,11-13H2,1-3H3. The first-order chi connectivity index (χ1) is 12.0. The molecule has 0 saturated carbocycles. The Morgan fingerprint density at radius 3 is 2.76 bits per heavy atom. The van der Waals surface area contributed by atoms with Gasteiger partial charge in [-0.25, -0.2) is 9.82 Å². The maximum absolute atomic E-state index is 13.2. The summed E-state index contributed by atoms with van der Waals surface area (Å²) in [4.78, 5) is 6.87. The normalized spacial score (nSPS) is 21.6. The highest BCUT2D eigenvalue weighted by atomic mass is 19.1. The van der Waals surface area contributed by atoms with Crippen molar-refractivity contribution >= 4 is 0 Å². The van der Waals surface area contributed by atoms with Crippen molar-refractivity contribution in [1.82, 2.24) is 20.7 Å². The van der Waals surface area contributed by atoms with Crippen molar-refractivity contribution in [2.45, 2.75) is 32.4 Å². The van der Waals surface area contributed by atoms with Gasteiger partial charge in [-0.05, 0) is 56.3 Å². The quantitative estimate of drug-likeness (QED) is 0.847. The fourth-order valence-corrected chi connectivity index (χ4v) is 3.45. The summed E-state index contributed by atoms with van der Waals surface area (Å²) >= 11 is 0. The summed E-state index contributed by atoms with van der Waals surface area (Å²) in [5.74, 6) is 0.242. The van der Waals surface area contributed by atoms with Crippen LogP contribution in [0, 0.1) is 18.7 Å². The zero-order valence-electron chi connectivity index (χ0n) is 15.2. The van der Waals surface area contributed by atoms with E-state index < -0.39 is 0 Å². The van der Waals surface area contributed by atoms with Gasteiger partial charge in [-0.15, -0.1) is 0 Å². The molecule has 2 heterocycles. The molecule has 0 amide bonds. The van der Waals surface area contributed by atoms with Gasteiger partial charge in [0, 0.05) is 43.4 Å². The lowest BCUT2D eigenvalue weighted by Gasteiger charge is -2.29. The Hall–Kier alpha value is -1.82. The Kier molecular flexibility index (Phi) is 5.78. The predicted octanol–water partition coefficient (Wildman–Crippen LogP) is 2.86. The van der Waals surface area contributed by atoms with E-state index in [9.17, 15) is 4.39 Å². The third-order valence-electron chi connectivity index (χ3n) is 5.07. The van der Waals surface area contributed by atoms with E-state index in [-0.39, 0.29) is 11.9 Å². The fraction of sp³-hybridized carbons (Fsp3) is 0.450. The molecule has 3 unspecified atom stereocenters. The third-order valence-corrected chi connectivity index (χ3v) is 5.07. The molecule has 4 nitrogen and oxygen atoms in total. The minimum absolute atomic E-state index is 0.192. The molecule has 1 aliphatic rings. The molecule has 1 aromatic heterocycles. The van der Waals surface area contributed by atoms with Crippen LogP contribution in [-0.2, 0) is 6.42 Å². The summed E-state index contributed by atoms with van der Waals surface area (Å²) < 4.78 is 13.2. The zero-order chi connectivity index (χ0) is 17.8. The largest absolute Gasteiger partial charge is 0.303 e. The monoisotopic (exact) mass is 342 g/mol. The fourth-order valence-electron chi connectivity index (χ4n) is 3.45. The minimum atomic E-state index is -0.192. The lowest BCUT2D eigenvalue weighted by atomic mass is 9.94. The number of likely N-dealkylation sites (N-methyl/N-ethyl adjacent to an activating group) is 1. The first kappa shape index (κ1) is 18.0. The highest BCUT2D eigenvalue weighted by Gasteiger charge is 2.30. The Labute approximate surface area is 149 Å². The van der Waals surface area contributed by atoms with E-state index in [1.54, 1.807) is 0 Å². The Bertz CT molecular complexity index is 688. The molecule has 0 aliphatic carbocycles. The van der Waals surface area contributed by atoms with Crippen LogP contribution in [0.25, 0.3) is 0 Å².